The Kier molecular flexibility index (Phi) is 5.49. The standard InChI is InChI=1S/C22H28N4O4/c1-15-7-6-8-16(19(28)25-12-4-5-13-25)18(15)23-17(27)9-14-26-20(29)22(24-21(26)30)10-2-3-11-22/h6-8H,2-5,9-14H2,1H3,(H,23,27)(H,24,30). The van der Waals surface area contributed by atoms with Crippen LogP contribution >= 0.6 is 0 Å². The third-order valence-corrected chi connectivity index (χ3v) is 6.43. The summed E-state index contributed by atoms with van der Waals surface area (Å²) >= 11 is 0. The number of imide groups is 1. The summed E-state index contributed by atoms with van der Waals surface area (Å²) in [5.74, 6) is -0.630. The molecule has 3 aliphatic rings. The zero-order valence-electron chi connectivity index (χ0n) is 17.3. The van der Waals surface area contributed by atoms with Crippen LogP contribution in [0.1, 0.15) is 60.9 Å². The third kappa shape index (κ3) is 3.66. The van der Waals surface area contributed by atoms with Gasteiger partial charge in [-0.2, -0.15) is 0 Å². The van der Waals surface area contributed by atoms with E-state index in [1.54, 1.807) is 11.0 Å². The van der Waals surface area contributed by atoms with Crippen LogP contribution in [0.2, 0.25) is 0 Å². The quantitative estimate of drug-likeness (QED) is 0.726. The van der Waals surface area contributed by atoms with Crippen molar-refractivity contribution in [1.82, 2.24) is 15.1 Å². The van der Waals surface area contributed by atoms with Crippen LogP contribution in [0.25, 0.3) is 0 Å². The summed E-state index contributed by atoms with van der Waals surface area (Å²) in [4.78, 5) is 53.5. The zero-order valence-corrected chi connectivity index (χ0v) is 17.3. The molecule has 0 aromatic heterocycles. The van der Waals surface area contributed by atoms with Crippen molar-refractivity contribution in [3.63, 3.8) is 0 Å². The lowest BCUT2D eigenvalue weighted by molar-refractivity contribution is -0.131. The van der Waals surface area contributed by atoms with Gasteiger partial charge in [-0.15, -0.1) is 0 Å². The maximum absolute atomic E-state index is 12.9. The van der Waals surface area contributed by atoms with E-state index in [-0.39, 0.29) is 30.7 Å². The molecule has 0 atom stereocenters. The van der Waals surface area contributed by atoms with Crippen LogP contribution < -0.4 is 10.6 Å². The summed E-state index contributed by atoms with van der Waals surface area (Å²) in [7, 11) is 0. The number of aryl methyl sites for hydroxylation is 1. The summed E-state index contributed by atoms with van der Waals surface area (Å²) in [5.41, 5.74) is 1.01. The van der Waals surface area contributed by atoms with E-state index in [0.29, 0.717) is 24.1 Å². The Hall–Kier alpha value is -2.90. The second-order valence-electron chi connectivity index (χ2n) is 8.47. The third-order valence-electron chi connectivity index (χ3n) is 6.43. The van der Waals surface area contributed by atoms with Crippen LogP contribution in [0.3, 0.4) is 0 Å². The Labute approximate surface area is 176 Å². The van der Waals surface area contributed by atoms with Gasteiger partial charge >= 0.3 is 6.03 Å². The molecule has 2 heterocycles. The van der Waals surface area contributed by atoms with Crippen LogP contribution in [0.5, 0.6) is 0 Å². The maximum atomic E-state index is 12.9. The van der Waals surface area contributed by atoms with Crippen molar-refractivity contribution in [3.8, 4) is 0 Å². The van der Waals surface area contributed by atoms with Crippen LogP contribution in [0.4, 0.5) is 10.5 Å². The molecule has 1 aromatic rings. The second kappa shape index (κ2) is 8.08. The van der Waals surface area contributed by atoms with Crippen molar-refractivity contribution >= 4 is 29.4 Å². The number of anilines is 1. The molecule has 4 rings (SSSR count). The Morgan fingerprint density at radius 1 is 1.10 bits per heavy atom. The lowest BCUT2D eigenvalue weighted by atomic mass is 9.98. The van der Waals surface area contributed by atoms with E-state index in [1.807, 2.05) is 19.1 Å². The van der Waals surface area contributed by atoms with E-state index in [2.05, 4.69) is 10.6 Å². The number of rotatable bonds is 5. The van der Waals surface area contributed by atoms with Crippen molar-refractivity contribution in [2.24, 2.45) is 0 Å². The molecule has 1 aromatic carbocycles. The summed E-state index contributed by atoms with van der Waals surface area (Å²) in [6.07, 6.45) is 5.13. The summed E-state index contributed by atoms with van der Waals surface area (Å²) in [6.45, 7) is 3.33. The van der Waals surface area contributed by atoms with Crippen molar-refractivity contribution in [3.05, 3.63) is 29.3 Å². The highest BCUT2D eigenvalue weighted by Gasteiger charge is 2.52. The van der Waals surface area contributed by atoms with E-state index in [4.69, 9.17) is 0 Å². The fourth-order valence-corrected chi connectivity index (χ4v) is 4.71. The Balaban J connectivity index is 1.42. The van der Waals surface area contributed by atoms with Gasteiger partial charge in [0.2, 0.25) is 5.91 Å². The average molecular weight is 412 g/mol. The fraction of sp³-hybridized carbons (Fsp3) is 0.545. The Bertz CT molecular complexity index is 885. The summed E-state index contributed by atoms with van der Waals surface area (Å²) in [6, 6.07) is 4.96. The fourth-order valence-electron chi connectivity index (χ4n) is 4.71. The van der Waals surface area contributed by atoms with Gasteiger partial charge < -0.3 is 15.5 Å². The van der Waals surface area contributed by atoms with Crippen molar-refractivity contribution < 1.29 is 19.2 Å². The smallest absolute Gasteiger partial charge is 0.325 e. The molecule has 0 radical (unpaired) electrons. The monoisotopic (exact) mass is 412 g/mol. The molecule has 1 spiro atoms. The highest BCUT2D eigenvalue weighted by molar-refractivity contribution is 6.08. The molecular weight excluding hydrogens is 384 g/mol. The molecular formula is C22H28N4O4. The van der Waals surface area contributed by atoms with E-state index in [9.17, 15) is 19.2 Å². The normalized spacial score (nSPS) is 20.2. The van der Waals surface area contributed by atoms with Gasteiger partial charge in [-0.25, -0.2) is 4.79 Å². The van der Waals surface area contributed by atoms with E-state index in [0.717, 1.165) is 49.2 Å². The number of likely N-dealkylation sites (tertiary alicyclic amines) is 1. The molecule has 2 saturated heterocycles. The molecule has 2 aliphatic heterocycles. The predicted octanol–water partition coefficient (Wildman–Crippen LogP) is 2.42. The van der Waals surface area contributed by atoms with Gasteiger partial charge in [-0.1, -0.05) is 25.0 Å². The first kappa shape index (κ1) is 20.4. The van der Waals surface area contributed by atoms with Gasteiger partial charge in [-0.3, -0.25) is 19.3 Å². The van der Waals surface area contributed by atoms with Crippen LogP contribution in [0.15, 0.2) is 18.2 Å². The summed E-state index contributed by atoms with van der Waals surface area (Å²) in [5, 5.41) is 5.66. The minimum absolute atomic E-state index is 0.0130. The number of carbonyl (C=O) groups excluding carboxylic acids is 4. The summed E-state index contributed by atoms with van der Waals surface area (Å²) < 4.78 is 0. The Morgan fingerprint density at radius 3 is 2.50 bits per heavy atom. The number of nitrogens with zero attached hydrogens (tertiary/aromatic N) is 2. The largest absolute Gasteiger partial charge is 0.339 e. The lowest BCUT2D eigenvalue weighted by Gasteiger charge is -2.20. The first-order valence-corrected chi connectivity index (χ1v) is 10.7. The van der Waals surface area contributed by atoms with Gasteiger partial charge in [0, 0.05) is 26.1 Å². The number of hydrogen-bond donors (Lipinski definition) is 2. The number of hydrogen-bond acceptors (Lipinski definition) is 4. The van der Waals surface area contributed by atoms with E-state index < -0.39 is 11.6 Å². The van der Waals surface area contributed by atoms with Crippen LogP contribution in [0, 0.1) is 6.92 Å². The molecule has 1 aliphatic carbocycles. The average Bonchev–Trinajstić information content (AvgIpc) is 3.45. The van der Waals surface area contributed by atoms with Gasteiger partial charge in [0.1, 0.15) is 5.54 Å². The topological polar surface area (TPSA) is 98.8 Å². The molecule has 1 saturated carbocycles. The molecule has 3 fully saturated rings. The lowest BCUT2D eigenvalue weighted by Crippen LogP contribution is -2.44. The molecule has 8 nitrogen and oxygen atoms in total. The number of urea groups is 1. The number of para-hydroxylation sites is 1. The number of carbonyl (C=O) groups is 4. The van der Waals surface area contributed by atoms with Gasteiger partial charge in [-0.05, 0) is 44.2 Å². The first-order chi connectivity index (χ1) is 14.4. The molecule has 2 N–H and O–H groups in total. The van der Waals surface area contributed by atoms with Gasteiger partial charge in [0.15, 0.2) is 0 Å². The molecule has 160 valence electrons. The SMILES string of the molecule is Cc1cccc(C(=O)N2CCCC2)c1NC(=O)CCN1C(=O)NC2(CCCC2)C1=O. The van der Waals surface area contributed by atoms with Crippen LogP contribution in [-0.4, -0.2) is 58.7 Å². The Morgan fingerprint density at radius 2 is 1.80 bits per heavy atom. The van der Waals surface area contributed by atoms with Crippen LogP contribution in [-0.2, 0) is 9.59 Å². The number of nitrogens with one attached hydrogen (secondary N) is 2. The van der Waals surface area contributed by atoms with Gasteiger partial charge in [0.05, 0.1) is 11.3 Å². The van der Waals surface area contributed by atoms with E-state index in [1.165, 1.54) is 0 Å². The second-order valence-corrected chi connectivity index (χ2v) is 8.47. The molecule has 0 unspecified atom stereocenters. The number of amides is 5. The predicted molar refractivity (Wildman–Crippen MR) is 111 cm³/mol. The molecule has 30 heavy (non-hydrogen) atoms. The molecule has 8 heteroatoms. The molecule has 5 amide bonds. The highest BCUT2D eigenvalue weighted by Crippen LogP contribution is 2.35. The minimum Gasteiger partial charge on any atom is -0.339 e. The number of benzene rings is 1. The first-order valence-electron chi connectivity index (χ1n) is 10.7. The van der Waals surface area contributed by atoms with Crippen molar-refractivity contribution in [2.75, 3.05) is 25.0 Å². The van der Waals surface area contributed by atoms with Crippen molar-refractivity contribution in [2.45, 2.75) is 57.4 Å². The zero-order chi connectivity index (χ0) is 21.3. The minimum atomic E-state index is -0.765. The van der Waals surface area contributed by atoms with Gasteiger partial charge in [0.25, 0.3) is 11.8 Å². The van der Waals surface area contributed by atoms with Crippen molar-refractivity contribution in [1.29, 1.82) is 0 Å². The molecule has 0 bridgehead atoms. The highest BCUT2D eigenvalue weighted by atomic mass is 16.2. The maximum Gasteiger partial charge on any atom is 0.325 e. The van der Waals surface area contributed by atoms with E-state index >= 15 is 0 Å².